The first-order valence-corrected chi connectivity index (χ1v) is 10.8. The van der Waals surface area contributed by atoms with Crippen LogP contribution < -0.4 is 5.32 Å². The Morgan fingerprint density at radius 3 is 2.67 bits per heavy atom. The molecule has 0 aliphatic carbocycles. The Balaban J connectivity index is 1.55. The van der Waals surface area contributed by atoms with E-state index in [1.165, 1.54) is 41.8 Å². The third kappa shape index (κ3) is 4.71. The quantitative estimate of drug-likeness (QED) is 0.649. The van der Waals surface area contributed by atoms with E-state index in [1.807, 2.05) is 0 Å². The SMILES string of the molecule is COC(=O)C1CCCN1C(=O)C1CC(NC(=O)c2cnccn2)CCN1C(=O)c1ccco1. The molecule has 2 fully saturated rings. The second-order valence-corrected chi connectivity index (χ2v) is 7.99. The number of hydrogen-bond donors (Lipinski definition) is 1. The minimum absolute atomic E-state index is 0.126. The molecule has 1 N–H and O–H groups in total. The first-order valence-electron chi connectivity index (χ1n) is 10.8. The van der Waals surface area contributed by atoms with Gasteiger partial charge >= 0.3 is 5.97 Å². The van der Waals surface area contributed by atoms with Gasteiger partial charge in [-0.15, -0.1) is 0 Å². The number of hydrogen-bond acceptors (Lipinski definition) is 8. The predicted octanol–water partition coefficient (Wildman–Crippen LogP) is 0.637. The van der Waals surface area contributed by atoms with Gasteiger partial charge in [0.1, 0.15) is 17.8 Å². The van der Waals surface area contributed by atoms with Crippen molar-refractivity contribution in [3.05, 3.63) is 48.4 Å². The van der Waals surface area contributed by atoms with E-state index in [9.17, 15) is 19.2 Å². The summed E-state index contributed by atoms with van der Waals surface area (Å²) in [4.78, 5) is 62.2. The molecule has 3 amide bonds. The van der Waals surface area contributed by atoms with Crippen molar-refractivity contribution in [3.63, 3.8) is 0 Å². The highest BCUT2D eigenvalue weighted by molar-refractivity contribution is 5.97. The molecule has 2 aromatic rings. The van der Waals surface area contributed by atoms with E-state index in [0.29, 0.717) is 25.8 Å². The fourth-order valence-corrected chi connectivity index (χ4v) is 4.39. The van der Waals surface area contributed by atoms with E-state index in [1.54, 1.807) is 12.1 Å². The van der Waals surface area contributed by atoms with E-state index in [0.717, 1.165) is 0 Å². The minimum Gasteiger partial charge on any atom is -0.467 e. The topological polar surface area (TPSA) is 135 Å². The molecule has 2 aliphatic heterocycles. The highest BCUT2D eigenvalue weighted by atomic mass is 16.5. The van der Waals surface area contributed by atoms with E-state index in [-0.39, 0.29) is 36.4 Å². The zero-order valence-corrected chi connectivity index (χ0v) is 18.2. The van der Waals surface area contributed by atoms with Gasteiger partial charge in [0.2, 0.25) is 5.91 Å². The Bertz CT molecular complexity index is 1010. The average Bonchev–Trinajstić information content (AvgIpc) is 3.56. The molecule has 2 aromatic heterocycles. The van der Waals surface area contributed by atoms with Gasteiger partial charge in [-0.3, -0.25) is 19.4 Å². The first-order chi connectivity index (χ1) is 16.0. The molecular formula is C22H25N5O6. The van der Waals surface area contributed by atoms with Crippen molar-refractivity contribution >= 4 is 23.7 Å². The van der Waals surface area contributed by atoms with Gasteiger partial charge in [-0.25, -0.2) is 9.78 Å². The Morgan fingerprint density at radius 2 is 1.97 bits per heavy atom. The Labute approximate surface area is 190 Å². The number of furan rings is 1. The monoisotopic (exact) mass is 455 g/mol. The third-order valence-corrected chi connectivity index (χ3v) is 6.02. The van der Waals surface area contributed by atoms with Crippen LogP contribution in [0.15, 0.2) is 41.4 Å². The van der Waals surface area contributed by atoms with E-state index in [4.69, 9.17) is 9.15 Å². The number of carbonyl (C=O) groups is 4. The number of carbonyl (C=O) groups excluding carboxylic acids is 4. The Hall–Kier alpha value is -3.76. The van der Waals surface area contributed by atoms with E-state index >= 15 is 0 Å². The molecule has 174 valence electrons. The molecule has 2 saturated heterocycles. The summed E-state index contributed by atoms with van der Waals surface area (Å²) in [7, 11) is 1.29. The molecule has 3 unspecified atom stereocenters. The van der Waals surface area contributed by atoms with Gasteiger partial charge in [-0.1, -0.05) is 0 Å². The van der Waals surface area contributed by atoms with Crippen LogP contribution in [0.2, 0.25) is 0 Å². The second-order valence-electron chi connectivity index (χ2n) is 7.99. The fourth-order valence-electron chi connectivity index (χ4n) is 4.39. The van der Waals surface area contributed by atoms with E-state index in [2.05, 4.69) is 15.3 Å². The van der Waals surface area contributed by atoms with Crippen LogP contribution in [0.3, 0.4) is 0 Å². The molecule has 3 atom stereocenters. The highest BCUT2D eigenvalue weighted by Crippen LogP contribution is 2.27. The standard InChI is InChI=1S/C22H25N5O6/c1-32-22(31)16-4-2-9-26(16)20(29)17-12-14(25-19(28)15-13-23-7-8-24-15)6-10-27(17)21(30)18-5-3-11-33-18/h3,5,7-8,11,13-14,16-17H,2,4,6,9-10,12H2,1H3,(H,25,28). The maximum Gasteiger partial charge on any atom is 0.328 e. The molecule has 0 bridgehead atoms. The summed E-state index contributed by atoms with van der Waals surface area (Å²) in [6.45, 7) is 0.632. The minimum atomic E-state index is -0.867. The van der Waals surface area contributed by atoms with Crippen molar-refractivity contribution in [2.24, 2.45) is 0 Å². The number of rotatable bonds is 5. The number of amides is 3. The molecule has 4 rings (SSSR count). The molecule has 0 saturated carbocycles. The van der Waals surface area contributed by atoms with Crippen LogP contribution in [0.1, 0.15) is 46.7 Å². The molecule has 0 spiro atoms. The lowest BCUT2D eigenvalue weighted by atomic mass is 9.95. The second kappa shape index (κ2) is 9.80. The number of nitrogens with zero attached hydrogens (tertiary/aromatic N) is 4. The van der Waals surface area contributed by atoms with Crippen LogP contribution in [-0.4, -0.2) is 81.8 Å². The summed E-state index contributed by atoms with van der Waals surface area (Å²) in [6, 6.07) is 1.23. The molecule has 11 heteroatoms. The van der Waals surface area contributed by atoms with Crippen molar-refractivity contribution in [2.45, 2.75) is 43.8 Å². The number of nitrogens with one attached hydrogen (secondary N) is 1. The predicted molar refractivity (Wildman–Crippen MR) is 113 cm³/mol. The normalized spacial score (nSPS) is 22.6. The summed E-state index contributed by atoms with van der Waals surface area (Å²) >= 11 is 0. The van der Waals surface area contributed by atoms with Gasteiger partial charge in [0, 0.05) is 31.5 Å². The molecule has 33 heavy (non-hydrogen) atoms. The van der Waals surface area contributed by atoms with Crippen molar-refractivity contribution < 1.29 is 28.3 Å². The van der Waals surface area contributed by atoms with Gasteiger partial charge in [-0.2, -0.15) is 0 Å². The lowest BCUT2D eigenvalue weighted by molar-refractivity contribution is -0.153. The summed E-state index contributed by atoms with van der Waals surface area (Å²) in [6.07, 6.45) is 7.46. The zero-order valence-electron chi connectivity index (χ0n) is 18.2. The maximum absolute atomic E-state index is 13.6. The van der Waals surface area contributed by atoms with Crippen molar-refractivity contribution in [2.75, 3.05) is 20.2 Å². The summed E-state index contributed by atoms with van der Waals surface area (Å²) in [5.41, 5.74) is 0.166. The number of methoxy groups -OCH3 is 1. The Morgan fingerprint density at radius 1 is 1.12 bits per heavy atom. The van der Waals surface area contributed by atoms with Gasteiger partial charge in [0.25, 0.3) is 11.8 Å². The summed E-state index contributed by atoms with van der Waals surface area (Å²) in [5.74, 6) is -1.51. The smallest absolute Gasteiger partial charge is 0.328 e. The van der Waals surface area contributed by atoms with Gasteiger partial charge in [-0.05, 0) is 37.8 Å². The number of ether oxygens (including phenoxy) is 1. The lowest BCUT2D eigenvalue weighted by Gasteiger charge is -2.40. The molecule has 4 heterocycles. The van der Waals surface area contributed by atoms with Crippen LogP contribution in [0, 0.1) is 0 Å². The average molecular weight is 455 g/mol. The molecule has 2 aliphatic rings. The fraction of sp³-hybridized carbons (Fsp3) is 0.455. The Kier molecular flexibility index (Phi) is 6.66. The first kappa shape index (κ1) is 22.4. The molecular weight excluding hydrogens is 430 g/mol. The number of aromatic nitrogens is 2. The van der Waals surface area contributed by atoms with Gasteiger partial charge < -0.3 is 24.3 Å². The molecule has 11 nitrogen and oxygen atoms in total. The maximum atomic E-state index is 13.6. The summed E-state index contributed by atoms with van der Waals surface area (Å²) in [5, 5.41) is 2.88. The van der Waals surface area contributed by atoms with Gasteiger partial charge in [0.15, 0.2) is 5.76 Å². The van der Waals surface area contributed by atoms with Gasteiger partial charge in [0.05, 0.1) is 19.6 Å². The largest absolute Gasteiger partial charge is 0.467 e. The van der Waals surface area contributed by atoms with Crippen LogP contribution in [0.25, 0.3) is 0 Å². The molecule has 0 aromatic carbocycles. The zero-order chi connectivity index (χ0) is 23.4. The lowest BCUT2D eigenvalue weighted by Crippen LogP contribution is -2.59. The van der Waals surface area contributed by atoms with Crippen LogP contribution >= 0.6 is 0 Å². The number of likely N-dealkylation sites (tertiary alicyclic amines) is 2. The highest BCUT2D eigenvalue weighted by Gasteiger charge is 2.44. The van der Waals surface area contributed by atoms with Crippen LogP contribution in [0.4, 0.5) is 0 Å². The number of esters is 1. The summed E-state index contributed by atoms with van der Waals surface area (Å²) < 4.78 is 10.1. The van der Waals surface area contributed by atoms with Crippen LogP contribution in [-0.2, 0) is 14.3 Å². The van der Waals surface area contributed by atoms with Crippen molar-refractivity contribution in [1.29, 1.82) is 0 Å². The molecule has 0 radical (unpaired) electrons. The number of piperidine rings is 1. The van der Waals surface area contributed by atoms with E-state index < -0.39 is 29.9 Å². The third-order valence-electron chi connectivity index (χ3n) is 6.02. The van der Waals surface area contributed by atoms with Crippen molar-refractivity contribution in [1.82, 2.24) is 25.1 Å². The van der Waals surface area contributed by atoms with Crippen LogP contribution in [0.5, 0.6) is 0 Å². The van der Waals surface area contributed by atoms with Crippen molar-refractivity contribution in [3.8, 4) is 0 Å².